The summed E-state index contributed by atoms with van der Waals surface area (Å²) in [5.41, 5.74) is 1.40. The van der Waals surface area contributed by atoms with Crippen LogP contribution in [0.2, 0.25) is 0 Å². The fraction of sp³-hybridized carbons (Fsp3) is 0.286. The maximum atomic E-state index is 12.4. The monoisotopic (exact) mass is 396 g/mol. The molecule has 0 aliphatic carbocycles. The summed E-state index contributed by atoms with van der Waals surface area (Å²) < 4.78 is 5.26. The standard InChI is InChI=1S/C21H24N4O2S/c1-3-4-12-25(21(28)22-15-8-7-9-16(13-15)27-2)14-19-23-18-11-6-5-10-17(18)20(26)24-19/h5-11,13H,3-4,12,14H2,1-2H3,(H,22,28)(H,23,24,26). The van der Waals surface area contributed by atoms with Crippen molar-refractivity contribution in [1.82, 2.24) is 14.9 Å². The maximum absolute atomic E-state index is 12.4. The molecular formula is C21H24N4O2S. The fourth-order valence-corrected chi connectivity index (χ4v) is 3.17. The molecule has 146 valence electrons. The number of para-hydroxylation sites is 1. The van der Waals surface area contributed by atoms with Crippen molar-refractivity contribution in [2.24, 2.45) is 0 Å². The highest BCUT2D eigenvalue weighted by Crippen LogP contribution is 2.18. The van der Waals surface area contributed by atoms with E-state index in [1.165, 1.54) is 0 Å². The van der Waals surface area contributed by atoms with Crippen molar-refractivity contribution in [1.29, 1.82) is 0 Å². The first-order chi connectivity index (χ1) is 13.6. The fourth-order valence-electron chi connectivity index (χ4n) is 2.90. The topological polar surface area (TPSA) is 70.2 Å². The third-order valence-electron chi connectivity index (χ3n) is 4.39. The van der Waals surface area contributed by atoms with Crippen LogP contribution < -0.4 is 15.6 Å². The van der Waals surface area contributed by atoms with Gasteiger partial charge in [-0.1, -0.05) is 31.5 Å². The molecule has 0 radical (unpaired) electrons. The second-order valence-electron chi connectivity index (χ2n) is 6.47. The molecule has 0 unspecified atom stereocenters. The molecule has 28 heavy (non-hydrogen) atoms. The Hall–Kier alpha value is -2.93. The number of methoxy groups -OCH3 is 1. The molecule has 0 fully saturated rings. The highest BCUT2D eigenvalue weighted by atomic mass is 32.1. The minimum Gasteiger partial charge on any atom is -0.497 e. The van der Waals surface area contributed by atoms with Crippen LogP contribution in [0, 0.1) is 0 Å². The van der Waals surface area contributed by atoms with Crippen molar-refractivity contribution in [3.8, 4) is 5.75 Å². The Morgan fingerprint density at radius 1 is 1.25 bits per heavy atom. The van der Waals surface area contributed by atoms with Crippen LogP contribution in [0.25, 0.3) is 10.9 Å². The predicted octanol–water partition coefficient (Wildman–Crippen LogP) is 3.93. The molecule has 0 aliphatic rings. The van der Waals surface area contributed by atoms with Gasteiger partial charge in [0.05, 0.1) is 24.6 Å². The molecule has 1 aromatic heterocycles. The molecule has 2 N–H and O–H groups in total. The van der Waals surface area contributed by atoms with Gasteiger partial charge in [-0.2, -0.15) is 0 Å². The van der Waals surface area contributed by atoms with Crippen molar-refractivity contribution >= 4 is 33.9 Å². The van der Waals surface area contributed by atoms with Crippen LogP contribution in [0.15, 0.2) is 53.3 Å². The summed E-state index contributed by atoms with van der Waals surface area (Å²) in [4.78, 5) is 21.8. The second kappa shape index (κ2) is 9.32. The summed E-state index contributed by atoms with van der Waals surface area (Å²) in [5.74, 6) is 1.35. The number of unbranched alkanes of at least 4 members (excludes halogenated alkanes) is 1. The Morgan fingerprint density at radius 3 is 2.86 bits per heavy atom. The number of nitrogens with one attached hydrogen (secondary N) is 2. The maximum Gasteiger partial charge on any atom is 0.258 e. The number of hydrogen-bond donors (Lipinski definition) is 2. The van der Waals surface area contributed by atoms with Crippen molar-refractivity contribution < 1.29 is 4.74 Å². The van der Waals surface area contributed by atoms with Gasteiger partial charge in [0.15, 0.2) is 5.11 Å². The molecule has 3 aromatic rings. The summed E-state index contributed by atoms with van der Waals surface area (Å²) in [6.07, 6.45) is 2.03. The quantitative estimate of drug-likeness (QED) is 0.590. The lowest BCUT2D eigenvalue weighted by Crippen LogP contribution is -2.36. The van der Waals surface area contributed by atoms with Crippen LogP contribution in [-0.2, 0) is 6.54 Å². The van der Waals surface area contributed by atoms with Crippen LogP contribution in [0.1, 0.15) is 25.6 Å². The van der Waals surface area contributed by atoms with Crippen LogP contribution >= 0.6 is 12.2 Å². The van der Waals surface area contributed by atoms with Gasteiger partial charge < -0.3 is 19.9 Å². The van der Waals surface area contributed by atoms with E-state index in [1.54, 1.807) is 13.2 Å². The molecule has 0 aliphatic heterocycles. The lowest BCUT2D eigenvalue weighted by atomic mass is 10.2. The van der Waals surface area contributed by atoms with E-state index >= 15 is 0 Å². The summed E-state index contributed by atoms with van der Waals surface area (Å²) in [5, 5.41) is 4.42. The number of fused-ring (bicyclic) bond motifs is 1. The number of ether oxygens (including phenoxy) is 1. The molecule has 3 rings (SSSR count). The van der Waals surface area contributed by atoms with E-state index in [0.29, 0.717) is 28.4 Å². The summed E-state index contributed by atoms with van der Waals surface area (Å²) >= 11 is 5.63. The number of thiocarbonyl (C=S) groups is 1. The number of aromatic amines is 1. The van der Waals surface area contributed by atoms with Crippen LogP contribution in [0.4, 0.5) is 5.69 Å². The van der Waals surface area contributed by atoms with Crippen molar-refractivity contribution in [3.05, 3.63) is 64.7 Å². The number of nitrogens with zero attached hydrogens (tertiary/aromatic N) is 2. The van der Waals surface area contributed by atoms with E-state index in [9.17, 15) is 4.79 Å². The Morgan fingerprint density at radius 2 is 2.07 bits per heavy atom. The highest BCUT2D eigenvalue weighted by molar-refractivity contribution is 7.80. The molecule has 1 heterocycles. The highest BCUT2D eigenvalue weighted by Gasteiger charge is 2.13. The predicted molar refractivity (Wildman–Crippen MR) is 117 cm³/mol. The lowest BCUT2D eigenvalue weighted by Gasteiger charge is -2.25. The average molecular weight is 397 g/mol. The summed E-state index contributed by atoms with van der Waals surface area (Å²) in [7, 11) is 1.63. The number of hydrogen-bond acceptors (Lipinski definition) is 4. The molecule has 7 heteroatoms. The average Bonchev–Trinajstić information content (AvgIpc) is 2.71. The first-order valence-electron chi connectivity index (χ1n) is 9.28. The van der Waals surface area contributed by atoms with Gasteiger partial charge >= 0.3 is 0 Å². The van der Waals surface area contributed by atoms with Crippen LogP contribution in [0.5, 0.6) is 5.75 Å². The molecule has 6 nitrogen and oxygen atoms in total. The number of anilines is 1. The normalized spacial score (nSPS) is 10.6. The second-order valence-corrected chi connectivity index (χ2v) is 6.85. The summed E-state index contributed by atoms with van der Waals surface area (Å²) in [6, 6.07) is 14.9. The van der Waals surface area contributed by atoms with Gasteiger partial charge in [0.1, 0.15) is 11.6 Å². The Labute approximate surface area is 169 Å². The molecule has 0 bridgehead atoms. The minimum atomic E-state index is -0.136. The van der Waals surface area contributed by atoms with Crippen molar-refractivity contribution in [2.75, 3.05) is 19.0 Å². The molecule has 0 saturated carbocycles. The van der Waals surface area contributed by atoms with E-state index in [-0.39, 0.29) is 5.56 Å². The Kier molecular flexibility index (Phi) is 6.60. The molecule has 2 aromatic carbocycles. The number of aromatic nitrogens is 2. The number of benzene rings is 2. The van der Waals surface area contributed by atoms with Gasteiger partial charge in [-0.05, 0) is 42.9 Å². The summed E-state index contributed by atoms with van der Waals surface area (Å²) in [6.45, 7) is 3.32. The van der Waals surface area contributed by atoms with Gasteiger partial charge in [-0.3, -0.25) is 4.79 Å². The van der Waals surface area contributed by atoms with Crippen LogP contribution in [-0.4, -0.2) is 33.6 Å². The molecule has 0 saturated heterocycles. The molecule has 0 spiro atoms. The first-order valence-corrected chi connectivity index (χ1v) is 9.69. The number of H-pyrrole nitrogens is 1. The van der Waals surface area contributed by atoms with E-state index in [0.717, 1.165) is 30.8 Å². The van der Waals surface area contributed by atoms with E-state index in [2.05, 4.69) is 22.2 Å². The minimum absolute atomic E-state index is 0.136. The molecular weight excluding hydrogens is 372 g/mol. The zero-order chi connectivity index (χ0) is 19.9. The first kappa shape index (κ1) is 19.8. The molecule has 0 amide bonds. The van der Waals surface area contributed by atoms with E-state index in [1.807, 2.05) is 47.4 Å². The van der Waals surface area contributed by atoms with Gasteiger partial charge in [0.2, 0.25) is 0 Å². The Bertz CT molecular complexity index is 1020. The third-order valence-corrected chi connectivity index (χ3v) is 4.75. The SMILES string of the molecule is CCCCN(Cc1nc2ccccc2c(=O)[nH]1)C(=S)Nc1cccc(OC)c1. The largest absolute Gasteiger partial charge is 0.497 e. The van der Waals surface area contributed by atoms with Crippen molar-refractivity contribution in [3.63, 3.8) is 0 Å². The zero-order valence-electron chi connectivity index (χ0n) is 16.1. The molecule has 0 atom stereocenters. The van der Waals surface area contributed by atoms with Crippen LogP contribution in [0.3, 0.4) is 0 Å². The van der Waals surface area contributed by atoms with Gasteiger partial charge in [-0.15, -0.1) is 0 Å². The van der Waals surface area contributed by atoms with Gasteiger partial charge in [0.25, 0.3) is 5.56 Å². The zero-order valence-corrected chi connectivity index (χ0v) is 16.9. The van der Waals surface area contributed by atoms with Gasteiger partial charge in [-0.25, -0.2) is 4.98 Å². The van der Waals surface area contributed by atoms with E-state index < -0.39 is 0 Å². The Balaban J connectivity index is 1.81. The number of rotatable bonds is 7. The third kappa shape index (κ3) is 4.86. The van der Waals surface area contributed by atoms with E-state index in [4.69, 9.17) is 17.0 Å². The lowest BCUT2D eigenvalue weighted by molar-refractivity contribution is 0.397. The van der Waals surface area contributed by atoms with Gasteiger partial charge in [0, 0.05) is 18.3 Å². The van der Waals surface area contributed by atoms with Crippen molar-refractivity contribution in [2.45, 2.75) is 26.3 Å². The smallest absolute Gasteiger partial charge is 0.258 e.